The number of hydrogen-bond donors (Lipinski definition) is 2. The highest BCUT2D eigenvalue weighted by Crippen LogP contribution is 2.11. The number of aliphatic hydroxyl groups is 1. The van der Waals surface area contributed by atoms with Crippen molar-refractivity contribution >= 4 is 0 Å². The Morgan fingerprint density at radius 2 is 2.07 bits per heavy atom. The normalized spacial score (nSPS) is 17.1. The number of nitrogens with one attached hydrogen (secondary N) is 1. The summed E-state index contributed by atoms with van der Waals surface area (Å²) in [7, 11) is 0. The predicted molar refractivity (Wildman–Crippen MR) is 59.3 cm³/mol. The van der Waals surface area contributed by atoms with Gasteiger partial charge < -0.3 is 10.4 Å². The van der Waals surface area contributed by atoms with Crippen molar-refractivity contribution in [1.29, 1.82) is 0 Å². The van der Waals surface area contributed by atoms with Gasteiger partial charge in [-0.3, -0.25) is 9.97 Å². The van der Waals surface area contributed by atoms with Crippen LogP contribution in [0.5, 0.6) is 0 Å². The largest absolute Gasteiger partial charge is 0.396 e. The minimum absolute atomic E-state index is 0.155. The Morgan fingerprint density at radius 1 is 1.33 bits per heavy atom. The van der Waals surface area contributed by atoms with E-state index in [4.69, 9.17) is 5.11 Å². The smallest absolute Gasteiger partial charge is 0.0753 e. The summed E-state index contributed by atoms with van der Waals surface area (Å²) in [5.41, 5.74) is 0.925. The number of aromatic nitrogens is 2. The summed E-state index contributed by atoms with van der Waals surface area (Å²) in [5, 5.41) is 12.4. The van der Waals surface area contributed by atoms with Crippen molar-refractivity contribution < 1.29 is 5.11 Å². The summed E-state index contributed by atoms with van der Waals surface area (Å²) < 4.78 is 0. The lowest BCUT2D eigenvalue weighted by Gasteiger charge is -2.23. The summed E-state index contributed by atoms with van der Waals surface area (Å²) >= 11 is 0. The minimum Gasteiger partial charge on any atom is -0.396 e. The van der Waals surface area contributed by atoms with E-state index < -0.39 is 0 Å². The summed E-state index contributed by atoms with van der Waals surface area (Å²) in [6.45, 7) is 6.32. The van der Waals surface area contributed by atoms with Crippen LogP contribution in [-0.2, 0) is 0 Å². The van der Waals surface area contributed by atoms with Gasteiger partial charge >= 0.3 is 0 Å². The molecule has 1 aromatic rings. The topological polar surface area (TPSA) is 58.0 Å². The Kier molecular flexibility index (Phi) is 4.65. The van der Waals surface area contributed by atoms with Gasteiger partial charge in [-0.25, -0.2) is 0 Å². The van der Waals surface area contributed by atoms with E-state index in [-0.39, 0.29) is 24.6 Å². The zero-order valence-corrected chi connectivity index (χ0v) is 9.51. The molecule has 0 aliphatic heterocycles. The fourth-order valence-electron chi connectivity index (χ4n) is 1.34. The summed E-state index contributed by atoms with van der Waals surface area (Å²) in [6.07, 6.45) is 5.11. The lowest BCUT2D eigenvalue weighted by molar-refractivity contribution is 0.202. The Bertz CT molecular complexity index is 278. The number of nitrogens with zero attached hydrogens (tertiary/aromatic N) is 2. The molecule has 1 rings (SSSR count). The SMILES string of the molecule is CC(NC(C)C(C)CO)c1cnccn1. The van der Waals surface area contributed by atoms with Crippen molar-refractivity contribution in [2.45, 2.75) is 32.9 Å². The molecule has 0 radical (unpaired) electrons. The van der Waals surface area contributed by atoms with Gasteiger partial charge in [0.1, 0.15) is 0 Å². The molecule has 84 valence electrons. The lowest BCUT2D eigenvalue weighted by atomic mass is 10.0. The average molecular weight is 209 g/mol. The van der Waals surface area contributed by atoms with Crippen LogP contribution in [0.4, 0.5) is 0 Å². The molecular weight excluding hydrogens is 190 g/mol. The third-order valence-corrected chi connectivity index (χ3v) is 2.68. The second-order valence-corrected chi connectivity index (χ2v) is 3.97. The zero-order chi connectivity index (χ0) is 11.3. The van der Waals surface area contributed by atoms with Gasteiger partial charge in [0, 0.05) is 37.3 Å². The zero-order valence-electron chi connectivity index (χ0n) is 9.51. The van der Waals surface area contributed by atoms with Crippen molar-refractivity contribution in [3.05, 3.63) is 24.3 Å². The highest BCUT2D eigenvalue weighted by molar-refractivity contribution is 5.01. The molecule has 0 spiro atoms. The molecule has 0 bridgehead atoms. The molecule has 0 fully saturated rings. The summed E-state index contributed by atoms with van der Waals surface area (Å²) in [4.78, 5) is 8.26. The van der Waals surface area contributed by atoms with Crippen molar-refractivity contribution in [3.63, 3.8) is 0 Å². The highest BCUT2D eigenvalue weighted by atomic mass is 16.3. The van der Waals surface area contributed by atoms with Gasteiger partial charge in [0.05, 0.1) is 5.69 Å². The number of aliphatic hydroxyl groups excluding tert-OH is 1. The summed E-state index contributed by atoms with van der Waals surface area (Å²) in [6, 6.07) is 0.412. The van der Waals surface area contributed by atoms with Crippen molar-refractivity contribution in [2.75, 3.05) is 6.61 Å². The minimum atomic E-state index is 0.155. The van der Waals surface area contributed by atoms with Crippen LogP contribution in [0.25, 0.3) is 0 Å². The van der Waals surface area contributed by atoms with Gasteiger partial charge in [-0.2, -0.15) is 0 Å². The second-order valence-electron chi connectivity index (χ2n) is 3.97. The van der Waals surface area contributed by atoms with Crippen molar-refractivity contribution in [2.24, 2.45) is 5.92 Å². The van der Waals surface area contributed by atoms with E-state index in [2.05, 4.69) is 22.2 Å². The van der Waals surface area contributed by atoms with Crippen LogP contribution < -0.4 is 5.32 Å². The molecule has 3 unspecified atom stereocenters. The summed E-state index contributed by atoms with van der Waals surface area (Å²) in [5.74, 6) is 0.240. The van der Waals surface area contributed by atoms with E-state index in [1.54, 1.807) is 18.6 Å². The number of rotatable bonds is 5. The Hall–Kier alpha value is -1.00. The molecule has 15 heavy (non-hydrogen) atoms. The van der Waals surface area contributed by atoms with Crippen LogP contribution in [0, 0.1) is 5.92 Å². The standard InChI is InChI=1S/C11H19N3O/c1-8(7-15)9(2)14-10(3)11-6-12-4-5-13-11/h4-6,8-10,14-15H,7H2,1-3H3. The van der Waals surface area contributed by atoms with Gasteiger partial charge in [0.2, 0.25) is 0 Å². The van der Waals surface area contributed by atoms with E-state index in [0.717, 1.165) is 5.69 Å². The van der Waals surface area contributed by atoms with Crippen molar-refractivity contribution in [3.8, 4) is 0 Å². The molecular formula is C11H19N3O. The van der Waals surface area contributed by atoms with Gasteiger partial charge in [0.15, 0.2) is 0 Å². The highest BCUT2D eigenvalue weighted by Gasteiger charge is 2.15. The maximum absolute atomic E-state index is 9.02. The molecule has 2 N–H and O–H groups in total. The van der Waals surface area contributed by atoms with Crippen molar-refractivity contribution in [1.82, 2.24) is 15.3 Å². The van der Waals surface area contributed by atoms with Crippen LogP contribution >= 0.6 is 0 Å². The fraction of sp³-hybridized carbons (Fsp3) is 0.636. The molecule has 0 aromatic carbocycles. The molecule has 0 aliphatic rings. The predicted octanol–water partition coefficient (Wildman–Crippen LogP) is 1.14. The average Bonchev–Trinajstić information content (AvgIpc) is 2.29. The van der Waals surface area contributed by atoms with E-state index >= 15 is 0 Å². The van der Waals surface area contributed by atoms with Gasteiger partial charge in [-0.1, -0.05) is 6.92 Å². The van der Waals surface area contributed by atoms with E-state index in [1.165, 1.54) is 0 Å². The van der Waals surface area contributed by atoms with Crippen LogP contribution in [0.2, 0.25) is 0 Å². The molecule has 4 nitrogen and oxygen atoms in total. The molecule has 4 heteroatoms. The van der Waals surface area contributed by atoms with Crippen LogP contribution in [0.1, 0.15) is 32.5 Å². The van der Waals surface area contributed by atoms with Crippen LogP contribution in [-0.4, -0.2) is 27.7 Å². The molecule has 0 saturated carbocycles. The molecule has 0 saturated heterocycles. The third kappa shape index (κ3) is 3.57. The first-order valence-electron chi connectivity index (χ1n) is 5.28. The molecule has 1 heterocycles. The van der Waals surface area contributed by atoms with E-state index in [1.807, 2.05) is 13.8 Å². The quantitative estimate of drug-likeness (QED) is 0.763. The Morgan fingerprint density at radius 3 is 2.60 bits per heavy atom. The first-order chi connectivity index (χ1) is 7.15. The van der Waals surface area contributed by atoms with E-state index in [9.17, 15) is 0 Å². The van der Waals surface area contributed by atoms with Crippen LogP contribution in [0.15, 0.2) is 18.6 Å². The first-order valence-corrected chi connectivity index (χ1v) is 5.28. The Labute approximate surface area is 90.8 Å². The lowest BCUT2D eigenvalue weighted by Crippen LogP contribution is -2.36. The van der Waals surface area contributed by atoms with Gasteiger partial charge in [-0.05, 0) is 19.8 Å². The monoisotopic (exact) mass is 209 g/mol. The molecule has 0 amide bonds. The molecule has 3 atom stereocenters. The van der Waals surface area contributed by atoms with Crippen LogP contribution in [0.3, 0.4) is 0 Å². The van der Waals surface area contributed by atoms with Gasteiger partial charge in [0.25, 0.3) is 0 Å². The molecule has 1 aromatic heterocycles. The van der Waals surface area contributed by atoms with E-state index in [0.29, 0.717) is 0 Å². The third-order valence-electron chi connectivity index (χ3n) is 2.68. The second kappa shape index (κ2) is 5.78. The maximum Gasteiger partial charge on any atom is 0.0753 e. The molecule has 0 aliphatic carbocycles. The fourth-order valence-corrected chi connectivity index (χ4v) is 1.34. The Balaban J connectivity index is 2.52. The van der Waals surface area contributed by atoms with Gasteiger partial charge in [-0.15, -0.1) is 0 Å². The maximum atomic E-state index is 9.02. The number of hydrogen-bond acceptors (Lipinski definition) is 4. The first kappa shape index (κ1) is 12.1.